The number of carbonyl (C=O) groups is 2. The zero-order valence-corrected chi connectivity index (χ0v) is 15.1. The van der Waals surface area contributed by atoms with Crippen molar-refractivity contribution in [2.45, 2.75) is 25.3 Å². The number of likely N-dealkylation sites (N-methyl/N-ethyl adjacent to an activating group) is 1. The maximum Gasteiger partial charge on any atom is 0.253 e. The van der Waals surface area contributed by atoms with E-state index < -0.39 is 0 Å². The lowest BCUT2D eigenvalue weighted by atomic mass is 10.1. The Balaban J connectivity index is 1.93. The summed E-state index contributed by atoms with van der Waals surface area (Å²) in [6.07, 6.45) is 6.34. The van der Waals surface area contributed by atoms with Crippen LogP contribution < -0.4 is 11.1 Å². The van der Waals surface area contributed by atoms with E-state index in [4.69, 9.17) is 5.73 Å². The maximum absolute atomic E-state index is 12.6. The fourth-order valence-corrected chi connectivity index (χ4v) is 2.79. The average molecular weight is 344 g/mol. The number of hydrogen-bond donors (Lipinski definition) is 2. The van der Waals surface area contributed by atoms with Crippen LogP contribution in [0, 0.1) is 0 Å². The Hall–Kier alpha value is -2.18. The van der Waals surface area contributed by atoms with Crippen LogP contribution in [-0.2, 0) is 4.79 Å². The Kier molecular flexibility index (Phi) is 7.16. The number of likely N-dealkylation sites (tertiary alicyclic amines) is 1. The van der Waals surface area contributed by atoms with E-state index in [0.29, 0.717) is 24.3 Å². The molecule has 25 heavy (non-hydrogen) atoms. The molecule has 0 aliphatic carbocycles. The second-order valence-corrected chi connectivity index (χ2v) is 6.74. The highest BCUT2D eigenvalue weighted by molar-refractivity contribution is 6.00. The monoisotopic (exact) mass is 344 g/mol. The molecule has 1 aromatic carbocycles. The molecule has 136 valence electrons. The summed E-state index contributed by atoms with van der Waals surface area (Å²) in [6.45, 7) is 2.06. The first-order valence-corrected chi connectivity index (χ1v) is 8.73. The molecular weight excluding hydrogens is 316 g/mol. The minimum absolute atomic E-state index is 0.00102. The molecule has 0 spiro atoms. The molecule has 1 aliphatic rings. The van der Waals surface area contributed by atoms with Crippen molar-refractivity contribution in [2.24, 2.45) is 5.73 Å². The van der Waals surface area contributed by atoms with Crippen molar-refractivity contribution >= 4 is 17.5 Å². The number of nitrogens with zero attached hydrogens (tertiary/aromatic N) is 2. The molecule has 2 rings (SSSR count). The second kappa shape index (κ2) is 9.34. The van der Waals surface area contributed by atoms with Crippen LogP contribution in [0.25, 0.3) is 0 Å². The molecule has 2 amide bonds. The highest BCUT2D eigenvalue weighted by Crippen LogP contribution is 2.15. The van der Waals surface area contributed by atoms with Crippen molar-refractivity contribution in [3.8, 4) is 0 Å². The highest BCUT2D eigenvalue weighted by Gasteiger charge is 2.20. The van der Waals surface area contributed by atoms with E-state index in [1.807, 2.05) is 23.9 Å². The molecule has 0 unspecified atom stereocenters. The number of nitrogens with two attached hydrogens (primary N) is 1. The molecule has 6 nitrogen and oxygen atoms in total. The van der Waals surface area contributed by atoms with Crippen LogP contribution in [0.15, 0.2) is 36.4 Å². The van der Waals surface area contributed by atoms with Crippen LogP contribution >= 0.6 is 0 Å². The number of carbonyl (C=O) groups excluding carboxylic acids is 2. The summed E-state index contributed by atoms with van der Waals surface area (Å²) in [7, 11) is 3.88. The van der Waals surface area contributed by atoms with Gasteiger partial charge >= 0.3 is 0 Å². The normalized spacial score (nSPS) is 18.4. The van der Waals surface area contributed by atoms with E-state index in [-0.39, 0.29) is 17.9 Å². The third-order valence-electron chi connectivity index (χ3n) is 4.13. The molecule has 1 atom stereocenters. The minimum Gasteiger partial charge on any atom is -0.337 e. The minimum atomic E-state index is -0.181. The van der Waals surface area contributed by atoms with Crippen LogP contribution in [0.4, 0.5) is 5.69 Å². The van der Waals surface area contributed by atoms with Crippen LogP contribution in [0.5, 0.6) is 0 Å². The molecule has 1 heterocycles. The van der Waals surface area contributed by atoms with Gasteiger partial charge in [0.25, 0.3) is 5.91 Å². The van der Waals surface area contributed by atoms with E-state index >= 15 is 0 Å². The van der Waals surface area contributed by atoms with Crippen LogP contribution in [0.1, 0.15) is 29.6 Å². The number of nitrogens with one attached hydrogen (secondary N) is 1. The zero-order chi connectivity index (χ0) is 18.2. The Morgan fingerprint density at radius 2 is 2.00 bits per heavy atom. The second-order valence-electron chi connectivity index (χ2n) is 6.74. The van der Waals surface area contributed by atoms with Gasteiger partial charge in [0.05, 0.1) is 0 Å². The van der Waals surface area contributed by atoms with Crippen LogP contribution in [0.2, 0.25) is 0 Å². The van der Waals surface area contributed by atoms with E-state index in [2.05, 4.69) is 5.32 Å². The molecule has 3 N–H and O–H groups in total. The van der Waals surface area contributed by atoms with Crippen molar-refractivity contribution < 1.29 is 9.59 Å². The quantitative estimate of drug-likeness (QED) is 0.797. The predicted octanol–water partition coefficient (Wildman–Crippen LogP) is 1.70. The van der Waals surface area contributed by atoms with E-state index in [1.54, 1.807) is 30.3 Å². The third kappa shape index (κ3) is 6.32. The molecule has 0 aromatic heterocycles. The summed E-state index contributed by atoms with van der Waals surface area (Å²) in [4.78, 5) is 28.2. The van der Waals surface area contributed by atoms with Crippen molar-refractivity contribution in [1.29, 1.82) is 0 Å². The number of rotatable bonds is 5. The summed E-state index contributed by atoms with van der Waals surface area (Å²) >= 11 is 0. The van der Waals surface area contributed by atoms with E-state index in [9.17, 15) is 9.59 Å². The molecule has 0 radical (unpaired) electrons. The number of hydrogen-bond acceptors (Lipinski definition) is 4. The summed E-state index contributed by atoms with van der Waals surface area (Å²) < 4.78 is 0. The number of benzene rings is 1. The number of amides is 2. The molecule has 0 bridgehead atoms. The first-order valence-electron chi connectivity index (χ1n) is 8.73. The summed E-state index contributed by atoms with van der Waals surface area (Å²) in [5, 5.41) is 2.79. The fraction of sp³-hybridized carbons (Fsp3) is 0.474. The first-order chi connectivity index (χ1) is 12.0. The number of anilines is 1. The molecular formula is C19H28N4O2. The summed E-state index contributed by atoms with van der Waals surface area (Å²) in [6, 6.07) is 7.06. The van der Waals surface area contributed by atoms with Gasteiger partial charge < -0.3 is 20.9 Å². The van der Waals surface area contributed by atoms with Gasteiger partial charge in [-0.05, 0) is 51.2 Å². The van der Waals surface area contributed by atoms with Crippen molar-refractivity contribution in [1.82, 2.24) is 9.80 Å². The first kappa shape index (κ1) is 19.1. The van der Waals surface area contributed by atoms with E-state index in [1.165, 1.54) is 6.08 Å². The fourth-order valence-electron chi connectivity index (χ4n) is 2.79. The third-order valence-corrected chi connectivity index (χ3v) is 4.13. The molecule has 0 saturated carbocycles. The standard InChI is InChI=1S/C19H28N4O2/c1-22(2)12-5-7-18(24)21-17-10-8-15(9-11-17)19(25)23-13-4-3-6-16(20)14-23/h5,7-11,16H,3-4,6,12-14,20H2,1-2H3,(H,21,24)/b7-5+/t16-/m0/s1. The van der Waals surface area contributed by atoms with Gasteiger partial charge in [-0.15, -0.1) is 0 Å². The van der Waals surface area contributed by atoms with Gasteiger partial charge in [-0.3, -0.25) is 9.59 Å². The highest BCUT2D eigenvalue weighted by atomic mass is 16.2. The molecule has 6 heteroatoms. The van der Waals surface area contributed by atoms with E-state index in [0.717, 1.165) is 25.8 Å². The SMILES string of the molecule is CN(C)C/C=C/C(=O)Nc1ccc(C(=O)N2CCCC[C@H](N)C2)cc1. The maximum atomic E-state index is 12.6. The van der Waals surface area contributed by atoms with Gasteiger partial charge in [0.1, 0.15) is 0 Å². The predicted molar refractivity (Wildman–Crippen MR) is 100 cm³/mol. The van der Waals surface area contributed by atoms with Gasteiger partial charge in [-0.1, -0.05) is 12.5 Å². The summed E-state index contributed by atoms with van der Waals surface area (Å²) in [5.41, 5.74) is 7.32. The summed E-state index contributed by atoms with van der Waals surface area (Å²) in [5.74, 6) is -0.180. The van der Waals surface area contributed by atoms with Crippen LogP contribution in [-0.4, -0.2) is 61.4 Å². The van der Waals surface area contributed by atoms with Gasteiger partial charge in [0, 0.05) is 43.0 Å². The lowest BCUT2D eigenvalue weighted by Crippen LogP contribution is -2.39. The van der Waals surface area contributed by atoms with Crippen molar-refractivity contribution in [3.05, 3.63) is 42.0 Å². The van der Waals surface area contributed by atoms with Gasteiger partial charge in [-0.25, -0.2) is 0 Å². The topological polar surface area (TPSA) is 78.7 Å². The average Bonchev–Trinajstić information content (AvgIpc) is 2.79. The molecule has 1 aliphatic heterocycles. The van der Waals surface area contributed by atoms with Crippen molar-refractivity contribution in [3.63, 3.8) is 0 Å². The Labute approximate surface area is 149 Å². The van der Waals surface area contributed by atoms with Gasteiger partial charge in [0.15, 0.2) is 0 Å². The van der Waals surface area contributed by atoms with Gasteiger partial charge in [-0.2, -0.15) is 0 Å². The van der Waals surface area contributed by atoms with Crippen LogP contribution in [0.3, 0.4) is 0 Å². The Morgan fingerprint density at radius 3 is 2.68 bits per heavy atom. The lowest BCUT2D eigenvalue weighted by Gasteiger charge is -2.22. The molecule has 1 aromatic rings. The lowest BCUT2D eigenvalue weighted by molar-refractivity contribution is -0.111. The smallest absolute Gasteiger partial charge is 0.253 e. The van der Waals surface area contributed by atoms with Gasteiger partial charge in [0.2, 0.25) is 5.91 Å². The Morgan fingerprint density at radius 1 is 1.28 bits per heavy atom. The van der Waals surface area contributed by atoms with Crippen molar-refractivity contribution in [2.75, 3.05) is 39.0 Å². The molecule has 1 fully saturated rings. The largest absolute Gasteiger partial charge is 0.337 e. The molecule has 1 saturated heterocycles. The Bertz CT molecular complexity index is 610. The zero-order valence-electron chi connectivity index (χ0n) is 15.1.